The predicted octanol–water partition coefficient (Wildman–Crippen LogP) is 3.17. The van der Waals surface area contributed by atoms with Crippen LogP contribution in [0.5, 0.6) is 11.5 Å². The number of Topliss-reactive ketones (excluding diaryl/α,β-unsaturated/α-hetero) is 1. The van der Waals surface area contributed by atoms with Crippen molar-refractivity contribution in [3.63, 3.8) is 0 Å². The highest BCUT2D eigenvalue weighted by Gasteiger charge is 2.12. The lowest BCUT2D eigenvalue weighted by atomic mass is 10.1. The normalized spacial score (nSPS) is 10.2. The van der Waals surface area contributed by atoms with E-state index in [9.17, 15) is 9.59 Å². The fourth-order valence-electron chi connectivity index (χ4n) is 2.20. The minimum absolute atomic E-state index is 0.0426. The third kappa shape index (κ3) is 4.84. The zero-order valence-electron chi connectivity index (χ0n) is 13.7. The molecule has 0 saturated heterocycles. The first-order valence-electron chi connectivity index (χ1n) is 7.61. The van der Waals surface area contributed by atoms with Crippen molar-refractivity contribution in [1.29, 1.82) is 0 Å². The van der Waals surface area contributed by atoms with Gasteiger partial charge in [-0.05, 0) is 36.6 Å². The number of ketones is 1. The highest BCUT2D eigenvalue weighted by Crippen LogP contribution is 2.29. The second kappa shape index (κ2) is 8.15. The summed E-state index contributed by atoms with van der Waals surface area (Å²) >= 11 is 0. The van der Waals surface area contributed by atoms with E-state index in [1.54, 1.807) is 25.3 Å². The highest BCUT2D eigenvalue weighted by atomic mass is 16.5. The van der Waals surface area contributed by atoms with E-state index in [0.717, 1.165) is 11.1 Å². The number of hydrogen-bond acceptors (Lipinski definition) is 4. The Kier molecular flexibility index (Phi) is 5.95. The van der Waals surface area contributed by atoms with Gasteiger partial charge in [0, 0.05) is 6.42 Å². The van der Waals surface area contributed by atoms with Gasteiger partial charge in [0.05, 0.1) is 7.11 Å². The number of carboxylic acids is 1. The fraction of sp³-hybridized carbons (Fsp3) is 0.263. The second-order valence-electron chi connectivity index (χ2n) is 5.49. The summed E-state index contributed by atoms with van der Waals surface area (Å²) < 4.78 is 11.1. The van der Waals surface area contributed by atoms with Crippen molar-refractivity contribution >= 4 is 11.8 Å². The molecule has 0 atom stereocenters. The highest BCUT2D eigenvalue weighted by molar-refractivity contribution is 6.32. The molecular weight excluding hydrogens is 308 g/mol. The molecule has 0 amide bonds. The molecule has 0 saturated carbocycles. The molecule has 0 radical (unpaired) electrons. The van der Waals surface area contributed by atoms with Crippen LogP contribution in [0.1, 0.15) is 23.1 Å². The van der Waals surface area contributed by atoms with Crippen molar-refractivity contribution in [2.75, 3.05) is 7.11 Å². The third-order valence-electron chi connectivity index (χ3n) is 3.62. The van der Waals surface area contributed by atoms with Crippen molar-refractivity contribution in [2.45, 2.75) is 26.4 Å². The number of rotatable bonds is 8. The summed E-state index contributed by atoms with van der Waals surface area (Å²) in [6.45, 7) is 2.42. The van der Waals surface area contributed by atoms with Crippen LogP contribution in [-0.2, 0) is 22.6 Å². The van der Waals surface area contributed by atoms with Crippen LogP contribution in [-0.4, -0.2) is 24.0 Å². The van der Waals surface area contributed by atoms with E-state index < -0.39 is 11.8 Å². The Labute approximate surface area is 140 Å². The van der Waals surface area contributed by atoms with Gasteiger partial charge >= 0.3 is 5.97 Å². The van der Waals surface area contributed by atoms with Crippen molar-refractivity contribution in [2.24, 2.45) is 0 Å². The molecule has 0 bridgehead atoms. The molecule has 0 fully saturated rings. The number of benzene rings is 2. The molecule has 0 heterocycles. The number of methoxy groups -OCH3 is 1. The van der Waals surface area contributed by atoms with Crippen molar-refractivity contribution in [3.8, 4) is 11.5 Å². The van der Waals surface area contributed by atoms with E-state index in [0.29, 0.717) is 24.5 Å². The maximum atomic E-state index is 11.2. The average molecular weight is 328 g/mol. The number of hydrogen-bond donors (Lipinski definition) is 1. The topological polar surface area (TPSA) is 72.8 Å². The van der Waals surface area contributed by atoms with Crippen molar-refractivity contribution in [1.82, 2.24) is 0 Å². The minimum Gasteiger partial charge on any atom is -0.493 e. The molecule has 1 N–H and O–H groups in total. The Balaban J connectivity index is 2.06. The SMILES string of the molecule is COc1ccc(CCC(=O)C(=O)O)cc1OCc1ccc(C)cc1. The molecule has 2 aromatic carbocycles. The van der Waals surface area contributed by atoms with Crippen LogP contribution in [0.3, 0.4) is 0 Å². The quantitative estimate of drug-likeness (QED) is 0.754. The molecule has 0 aliphatic heterocycles. The Bertz CT molecular complexity index is 719. The number of aliphatic carboxylic acids is 1. The first kappa shape index (κ1) is 17.5. The number of carbonyl (C=O) groups excluding carboxylic acids is 1. The lowest BCUT2D eigenvalue weighted by molar-refractivity contribution is -0.149. The smallest absolute Gasteiger partial charge is 0.372 e. The summed E-state index contributed by atoms with van der Waals surface area (Å²) in [7, 11) is 1.56. The Hall–Kier alpha value is -2.82. The predicted molar refractivity (Wildman–Crippen MR) is 89.5 cm³/mol. The van der Waals surface area contributed by atoms with Gasteiger partial charge in [-0.2, -0.15) is 0 Å². The van der Waals surface area contributed by atoms with E-state index in [1.807, 2.05) is 31.2 Å². The molecule has 0 aliphatic rings. The van der Waals surface area contributed by atoms with Gasteiger partial charge in [0.2, 0.25) is 5.78 Å². The maximum Gasteiger partial charge on any atom is 0.372 e. The molecule has 0 aromatic heterocycles. The van der Waals surface area contributed by atoms with Crippen molar-refractivity contribution < 1.29 is 24.2 Å². The first-order chi connectivity index (χ1) is 11.5. The molecule has 5 nitrogen and oxygen atoms in total. The third-order valence-corrected chi connectivity index (χ3v) is 3.62. The number of ether oxygens (including phenoxy) is 2. The van der Waals surface area contributed by atoms with Crippen LogP contribution in [0.25, 0.3) is 0 Å². The van der Waals surface area contributed by atoms with Gasteiger partial charge in [-0.1, -0.05) is 35.9 Å². The van der Waals surface area contributed by atoms with E-state index in [-0.39, 0.29) is 6.42 Å². The monoisotopic (exact) mass is 328 g/mol. The maximum absolute atomic E-state index is 11.2. The molecule has 0 aliphatic carbocycles. The van der Waals surface area contributed by atoms with Crippen molar-refractivity contribution in [3.05, 3.63) is 59.2 Å². The molecule has 2 rings (SSSR count). The van der Waals surface area contributed by atoms with Gasteiger partial charge < -0.3 is 14.6 Å². The first-order valence-corrected chi connectivity index (χ1v) is 7.61. The van der Waals surface area contributed by atoms with E-state index >= 15 is 0 Å². The molecule has 5 heteroatoms. The van der Waals surface area contributed by atoms with Gasteiger partial charge in [0.15, 0.2) is 11.5 Å². The molecule has 0 unspecified atom stereocenters. The lowest BCUT2D eigenvalue weighted by Gasteiger charge is -2.12. The molecule has 126 valence electrons. The largest absolute Gasteiger partial charge is 0.493 e. The van der Waals surface area contributed by atoms with Crippen LogP contribution in [0.15, 0.2) is 42.5 Å². The van der Waals surface area contributed by atoms with E-state index in [2.05, 4.69) is 0 Å². The summed E-state index contributed by atoms with van der Waals surface area (Å²) in [5, 5.41) is 8.63. The standard InChI is InChI=1S/C19H20O5/c1-13-3-5-15(6-4-13)12-24-18-11-14(8-10-17(18)23-2)7-9-16(20)19(21)22/h3-6,8,10-11H,7,9,12H2,1-2H3,(H,21,22). The zero-order chi connectivity index (χ0) is 17.5. The number of carboxylic acid groups (broad SMARTS) is 1. The van der Waals surface area contributed by atoms with Gasteiger partial charge in [0.1, 0.15) is 6.61 Å². The zero-order valence-corrected chi connectivity index (χ0v) is 13.7. The average Bonchev–Trinajstić information content (AvgIpc) is 2.59. The Morgan fingerprint density at radius 3 is 2.29 bits per heavy atom. The molecule has 24 heavy (non-hydrogen) atoms. The van der Waals surface area contributed by atoms with Crippen LogP contribution >= 0.6 is 0 Å². The second-order valence-corrected chi connectivity index (χ2v) is 5.49. The number of aryl methyl sites for hydroxylation is 2. The summed E-state index contributed by atoms with van der Waals surface area (Å²) in [6, 6.07) is 13.4. The van der Waals surface area contributed by atoms with Crippen LogP contribution in [0.2, 0.25) is 0 Å². The van der Waals surface area contributed by atoms with E-state index in [4.69, 9.17) is 14.6 Å². The number of carbonyl (C=O) groups is 2. The molecule has 0 spiro atoms. The minimum atomic E-state index is -1.40. The molecular formula is C19H20O5. The van der Waals surface area contributed by atoms with Gasteiger partial charge in [0.25, 0.3) is 0 Å². The summed E-state index contributed by atoms with van der Waals surface area (Å²) in [4.78, 5) is 21.8. The van der Waals surface area contributed by atoms with Gasteiger partial charge in [-0.25, -0.2) is 4.79 Å². The van der Waals surface area contributed by atoms with Crippen LogP contribution < -0.4 is 9.47 Å². The Morgan fingerprint density at radius 1 is 1.00 bits per heavy atom. The summed E-state index contributed by atoms with van der Waals surface area (Å²) in [6.07, 6.45) is 0.301. The van der Waals surface area contributed by atoms with E-state index in [1.165, 1.54) is 5.56 Å². The van der Waals surface area contributed by atoms with Gasteiger partial charge in [-0.15, -0.1) is 0 Å². The molecule has 2 aromatic rings. The summed E-state index contributed by atoms with van der Waals surface area (Å²) in [5.74, 6) is -1.04. The van der Waals surface area contributed by atoms with Crippen LogP contribution in [0, 0.1) is 6.92 Å². The fourth-order valence-corrected chi connectivity index (χ4v) is 2.20. The van der Waals surface area contributed by atoms with Gasteiger partial charge in [-0.3, -0.25) is 4.79 Å². The lowest BCUT2D eigenvalue weighted by Crippen LogP contribution is -2.12. The Morgan fingerprint density at radius 2 is 1.67 bits per heavy atom. The van der Waals surface area contributed by atoms with Crippen LogP contribution in [0.4, 0.5) is 0 Å². The summed E-state index contributed by atoms with van der Waals surface area (Å²) in [5.41, 5.74) is 3.04.